The van der Waals surface area contributed by atoms with Crippen molar-refractivity contribution in [2.45, 2.75) is 26.4 Å². The van der Waals surface area contributed by atoms with Crippen molar-refractivity contribution < 1.29 is 19.1 Å². The number of guanidine groups is 1. The minimum Gasteiger partial charge on any atom is -0.497 e. The van der Waals surface area contributed by atoms with E-state index in [1.807, 2.05) is 20.8 Å². The van der Waals surface area contributed by atoms with Crippen molar-refractivity contribution in [2.75, 3.05) is 40.3 Å². The summed E-state index contributed by atoms with van der Waals surface area (Å²) in [5.74, 6) is 1.03. The fraction of sp³-hybridized carbons (Fsp3) is 0.526. The van der Waals surface area contributed by atoms with Gasteiger partial charge in [-0.25, -0.2) is 4.79 Å². The van der Waals surface area contributed by atoms with Crippen LogP contribution in [0.4, 0.5) is 4.79 Å². The molecule has 156 valence electrons. The second-order valence-corrected chi connectivity index (χ2v) is 6.84. The minimum absolute atomic E-state index is 0.176. The van der Waals surface area contributed by atoms with E-state index in [2.05, 4.69) is 26.3 Å². The zero-order valence-corrected chi connectivity index (χ0v) is 17.2. The molecular weight excluding hydrogens is 362 g/mol. The van der Waals surface area contributed by atoms with Crippen molar-refractivity contribution in [3.05, 3.63) is 29.8 Å². The molecule has 0 atom stereocenters. The van der Waals surface area contributed by atoms with E-state index >= 15 is 0 Å². The average molecular weight is 393 g/mol. The Morgan fingerprint density at radius 2 is 1.61 bits per heavy atom. The van der Waals surface area contributed by atoms with Crippen LogP contribution in [0.5, 0.6) is 5.75 Å². The molecule has 28 heavy (non-hydrogen) atoms. The molecule has 1 rings (SSSR count). The SMILES string of the molecule is CN=C(NCCNC(=O)OC(C)(C)C)NCCNC(=O)c1cccc(OC)c1. The number of rotatable bonds is 8. The maximum atomic E-state index is 12.1. The molecule has 0 aliphatic rings. The zero-order chi connectivity index (χ0) is 21.0. The summed E-state index contributed by atoms with van der Waals surface area (Å²) in [6.07, 6.45) is -0.461. The third-order valence-electron chi connectivity index (χ3n) is 3.34. The van der Waals surface area contributed by atoms with E-state index in [1.165, 1.54) is 0 Å². The van der Waals surface area contributed by atoms with Gasteiger partial charge in [0, 0.05) is 38.8 Å². The Morgan fingerprint density at radius 3 is 2.18 bits per heavy atom. The van der Waals surface area contributed by atoms with Crippen molar-refractivity contribution >= 4 is 18.0 Å². The monoisotopic (exact) mass is 393 g/mol. The van der Waals surface area contributed by atoms with Gasteiger partial charge in [0.25, 0.3) is 5.91 Å². The van der Waals surface area contributed by atoms with E-state index in [1.54, 1.807) is 38.4 Å². The number of alkyl carbamates (subject to hydrolysis) is 1. The predicted octanol–water partition coefficient (Wildman–Crippen LogP) is 1.11. The number of hydrogen-bond acceptors (Lipinski definition) is 5. The van der Waals surface area contributed by atoms with Gasteiger partial charge in [-0.2, -0.15) is 0 Å². The van der Waals surface area contributed by atoms with Crippen LogP contribution in [0.3, 0.4) is 0 Å². The van der Waals surface area contributed by atoms with Gasteiger partial charge < -0.3 is 30.7 Å². The summed E-state index contributed by atoms with van der Waals surface area (Å²) in [7, 11) is 3.20. The second-order valence-electron chi connectivity index (χ2n) is 6.84. The maximum absolute atomic E-state index is 12.1. The number of ether oxygens (including phenoxy) is 2. The number of benzene rings is 1. The molecule has 0 aliphatic carbocycles. The number of hydrogen-bond donors (Lipinski definition) is 4. The molecule has 0 aromatic heterocycles. The van der Waals surface area contributed by atoms with Crippen LogP contribution in [0, 0.1) is 0 Å². The molecule has 9 nitrogen and oxygen atoms in total. The molecule has 0 saturated carbocycles. The number of amides is 2. The second kappa shape index (κ2) is 11.7. The molecule has 1 aromatic carbocycles. The lowest BCUT2D eigenvalue weighted by Gasteiger charge is -2.20. The largest absolute Gasteiger partial charge is 0.497 e. The summed E-state index contributed by atoms with van der Waals surface area (Å²) in [5.41, 5.74) is 0.0137. The standard InChI is InChI=1S/C19H31N5O4/c1-19(2,3)28-18(26)24-12-11-23-17(20-4)22-10-9-21-16(25)14-7-6-8-15(13-14)27-5/h6-8,13H,9-12H2,1-5H3,(H,21,25)(H,24,26)(H2,20,22,23). The molecule has 0 radical (unpaired) electrons. The van der Waals surface area contributed by atoms with Crippen LogP contribution < -0.4 is 26.0 Å². The number of carbonyl (C=O) groups excluding carboxylic acids is 2. The molecule has 0 fully saturated rings. The molecule has 2 amide bonds. The summed E-state index contributed by atoms with van der Waals surface area (Å²) in [6.45, 7) is 7.22. The summed E-state index contributed by atoms with van der Waals surface area (Å²) in [5, 5.41) is 11.6. The normalized spacial score (nSPS) is 11.4. The summed E-state index contributed by atoms with van der Waals surface area (Å²) < 4.78 is 10.3. The Morgan fingerprint density at radius 1 is 1.00 bits per heavy atom. The third kappa shape index (κ3) is 9.65. The Kier molecular flexibility index (Phi) is 9.63. The Bertz CT molecular complexity index is 671. The molecule has 1 aromatic rings. The lowest BCUT2D eigenvalue weighted by Crippen LogP contribution is -2.44. The van der Waals surface area contributed by atoms with E-state index in [4.69, 9.17) is 9.47 Å². The Balaban J connectivity index is 2.22. The molecule has 0 heterocycles. The van der Waals surface area contributed by atoms with Crippen LogP contribution in [-0.2, 0) is 4.74 Å². The maximum Gasteiger partial charge on any atom is 0.407 e. The molecule has 0 aliphatic heterocycles. The van der Waals surface area contributed by atoms with Crippen LogP contribution >= 0.6 is 0 Å². The molecule has 9 heteroatoms. The topological polar surface area (TPSA) is 113 Å². The van der Waals surface area contributed by atoms with E-state index in [0.29, 0.717) is 43.5 Å². The van der Waals surface area contributed by atoms with Crippen molar-refractivity contribution in [1.29, 1.82) is 0 Å². The van der Waals surface area contributed by atoms with Gasteiger partial charge in [-0.15, -0.1) is 0 Å². The highest BCUT2D eigenvalue weighted by Crippen LogP contribution is 2.12. The van der Waals surface area contributed by atoms with Gasteiger partial charge in [-0.1, -0.05) is 6.07 Å². The van der Waals surface area contributed by atoms with Gasteiger partial charge in [-0.3, -0.25) is 9.79 Å². The first kappa shape index (κ1) is 23.1. The van der Waals surface area contributed by atoms with Gasteiger partial charge in [0.2, 0.25) is 0 Å². The van der Waals surface area contributed by atoms with Crippen LogP contribution in [0.1, 0.15) is 31.1 Å². The fourth-order valence-corrected chi connectivity index (χ4v) is 2.10. The summed E-state index contributed by atoms with van der Waals surface area (Å²) >= 11 is 0. The predicted molar refractivity (Wildman–Crippen MR) is 109 cm³/mol. The van der Waals surface area contributed by atoms with Gasteiger partial charge in [0.1, 0.15) is 11.4 Å². The lowest BCUT2D eigenvalue weighted by atomic mass is 10.2. The molecule has 0 unspecified atom stereocenters. The molecule has 4 N–H and O–H groups in total. The molecular formula is C19H31N5O4. The average Bonchev–Trinajstić information content (AvgIpc) is 2.65. The van der Waals surface area contributed by atoms with Crippen LogP contribution in [0.15, 0.2) is 29.3 Å². The van der Waals surface area contributed by atoms with Crippen molar-refractivity contribution in [3.63, 3.8) is 0 Å². The van der Waals surface area contributed by atoms with Crippen molar-refractivity contribution in [3.8, 4) is 5.75 Å². The third-order valence-corrected chi connectivity index (χ3v) is 3.34. The van der Waals surface area contributed by atoms with Crippen LogP contribution in [0.25, 0.3) is 0 Å². The fourth-order valence-electron chi connectivity index (χ4n) is 2.10. The molecule has 0 spiro atoms. The van der Waals surface area contributed by atoms with E-state index in [-0.39, 0.29) is 5.91 Å². The van der Waals surface area contributed by atoms with Gasteiger partial charge in [0.15, 0.2) is 5.96 Å². The first-order valence-electron chi connectivity index (χ1n) is 9.09. The zero-order valence-electron chi connectivity index (χ0n) is 17.2. The highest BCUT2D eigenvalue weighted by molar-refractivity contribution is 5.94. The Labute approximate surface area is 166 Å². The number of methoxy groups -OCH3 is 1. The van der Waals surface area contributed by atoms with E-state index in [0.717, 1.165) is 0 Å². The highest BCUT2D eigenvalue weighted by Gasteiger charge is 2.15. The van der Waals surface area contributed by atoms with Gasteiger partial charge >= 0.3 is 6.09 Å². The highest BCUT2D eigenvalue weighted by atomic mass is 16.6. The first-order valence-corrected chi connectivity index (χ1v) is 9.09. The van der Waals surface area contributed by atoms with Crippen LogP contribution in [-0.4, -0.2) is 63.9 Å². The smallest absolute Gasteiger partial charge is 0.407 e. The van der Waals surface area contributed by atoms with Gasteiger partial charge in [0.05, 0.1) is 7.11 Å². The quantitative estimate of drug-likeness (QED) is 0.299. The number of aliphatic imine (C=N–C) groups is 1. The van der Waals surface area contributed by atoms with Crippen molar-refractivity contribution in [1.82, 2.24) is 21.3 Å². The van der Waals surface area contributed by atoms with Crippen LogP contribution in [0.2, 0.25) is 0 Å². The number of carbonyl (C=O) groups is 2. The molecule has 0 bridgehead atoms. The van der Waals surface area contributed by atoms with Crippen molar-refractivity contribution in [2.24, 2.45) is 4.99 Å². The number of nitrogens with zero attached hydrogens (tertiary/aromatic N) is 1. The van der Waals surface area contributed by atoms with Gasteiger partial charge in [-0.05, 0) is 39.0 Å². The number of nitrogens with one attached hydrogen (secondary N) is 4. The summed E-state index contributed by atoms with van der Waals surface area (Å²) in [6, 6.07) is 6.96. The van der Waals surface area contributed by atoms with E-state index in [9.17, 15) is 9.59 Å². The first-order chi connectivity index (χ1) is 13.2. The Hall–Kier alpha value is -2.97. The minimum atomic E-state index is -0.523. The van der Waals surface area contributed by atoms with E-state index < -0.39 is 11.7 Å². The summed E-state index contributed by atoms with van der Waals surface area (Å²) in [4.78, 5) is 27.7. The molecule has 0 saturated heterocycles. The lowest BCUT2D eigenvalue weighted by molar-refractivity contribution is 0.0528.